The quantitative estimate of drug-likeness (QED) is 0.191. The van der Waals surface area contributed by atoms with Crippen molar-refractivity contribution in [2.75, 3.05) is 6.61 Å². The Kier molecular flexibility index (Phi) is 9.93. The normalized spacial score (nSPS) is 15.6. The zero-order valence-corrected chi connectivity index (χ0v) is 25.6. The largest absolute Gasteiger partial charge is 0.463 e. The number of halogens is 1. The minimum atomic E-state index is -0.465. The van der Waals surface area contributed by atoms with Crippen molar-refractivity contribution >= 4 is 29.4 Å². The molecule has 224 valence electrons. The Morgan fingerprint density at radius 1 is 0.909 bits per heavy atom. The van der Waals surface area contributed by atoms with Gasteiger partial charge in [0.25, 0.3) is 5.91 Å². The van der Waals surface area contributed by atoms with Crippen molar-refractivity contribution in [3.8, 4) is 0 Å². The molecule has 4 aromatic rings. The number of esters is 1. The number of nitrogens with one attached hydrogen (secondary N) is 1. The molecule has 0 spiro atoms. The first-order valence-corrected chi connectivity index (χ1v) is 15.1. The number of allylic oxidation sites excluding steroid dienone is 1. The third kappa shape index (κ3) is 7.26. The van der Waals surface area contributed by atoms with E-state index < -0.39 is 11.9 Å². The summed E-state index contributed by atoms with van der Waals surface area (Å²) in [5.74, 6) is -1.25. The minimum absolute atomic E-state index is 0.101. The average molecular weight is 607 g/mol. The van der Waals surface area contributed by atoms with Crippen LogP contribution in [0, 0.1) is 0 Å². The Morgan fingerprint density at radius 2 is 1.59 bits per heavy atom. The molecule has 0 aromatic heterocycles. The highest BCUT2D eigenvalue weighted by Gasteiger charge is 2.37. The SMILES string of the molecule is CCOC(=O)C1=C(C)N(Cc2cccc(C(=O)N[C@H](Cc3ccccc3)c3ccccc3)c2)C(=O)C[C@@H]1c1cccc(Cl)c1. The third-order valence-corrected chi connectivity index (χ3v) is 8.12. The second-order valence-electron chi connectivity index (χ2n) is 10.8. The van der Waals surface area contributed by atoms with Crippen LogP contribution in [0.15, 0.2) is 120 Å². The molecule has 0 saturated carbocycles. The van der Waals surface area contributed by atoms with Gasteiger partial charge in [0.15, 0.2) is 0 Å². The molecule has 0 radical (unpaired) electrons. The van der Waals surface area contributed by atoms with Gasteiger partial charge in [-0.3, -0.25) is 9.59 Å². The molecule has 6 nitrogen and oxygen atoms in total. The van der Waals surface area contributed by atoms with Crippen LogP contribution in [0.25, 0.3) is 0 Å². The predicted octanol–water partition coefficient (Wildman–Crippen LogP) is 7.41. The van der Waals surface area contributed by atoms with Gasteiger partial charge in [0.1, 0.15) is 0 Å². The van der Waals surface area contributed by atoms with Gasteiger partial charge in [0.2, 0.25) is 5.91 Å². The van der Waals surface area contributed by atoms with Gasteiger partial charge >= 0.3 is 5.97 Å². The van der Waals surface area contributed by atoms with E-state index in [9.17, 15) is 14.4 Å². The number of ether oxygens (including phenoxy) is 1. The Morgan fingerprint density at radius 3 is 2.30 bits per heavy atom. The molecule has 0 fully saturated rings. The standard InChI is InChI=1S/C37H35ClN2O4/c1-3-44-37(43)35-25(2)40(34(41)23-32(35)29-17-11-19-31(38)22-29)24-27-14-10-18-30(20-27)36(42)39-33(28-15-8-5-9-16-28)21-26-12-6-4-7-13-26/h4-20,22,32-33H,3,21,23-24H2,1-2H3,(H,39,42)/t32-,33-/m1/s1. The summed E-state index contributed by atoms with van der Waals surface area (Å²) < 4.78 is 5.41. The zero-order valence-electron chi connectivity index (χ0n) is 24.8. The number of rotatable bonds is 10. The monoisotopic (exact) mass is 606 g/mol. The molecule has 5 rings (SSSR count). The number of carbonyl (C=O) groups excluding carboxylic acids is 3. The molecule has 0 aliphatic carbocycles. The maximum absolute atomic E-state index is 13.6. The van der Waals surface area contributed by atoms with E-state index in [1.165, 1.54) is 0 Å². The summed E-state index contributed by atoms with van der Waals surface area (Å²) in [4.78, 5) is 41.9. The summed E-state index contributed by atoms with van der Waals surface area (Å²) in [6, 6.07) is 34.2. The highest BCUT2D eigenvalue weighted by molar-refractivity contribution is 6.30. The lowest BCUT2D eigenvalue weighted by molar-refractivity contribution is -0.140. The van der Waals surface area contributed by atoms with E-state index in [0.29, 0.717) is 28.3 Å². The molecule has 0 unspecified atom stereocenters. The molecule has 2 atom stereocenters. The van der Waals surface area contributed by atoms with E-state index in [4.69, 9.17) is 16.3 Å². The Labute approximate surface area is 263 Å². The summed E-state index contributed by atoms with van der Waals surface area (Å²) in [5, 5.41) is 3.74. The van der Waals surface area contributed by atoms with Gasteiger partial charge in [-0.15, -0.1) is 0 Å². The Bertz CT molecular complexity index is 1670. The van der Waals surface area contributed by atoms with Crippen LogP contribution in [0.2, 0.25) is 5.02 Å². The van der Waals surface area contributed by atoms with Gasteiger partial charge in [-0.1, -0.05) is 96.5 Å². The van der Waals surface area contributed by atoms with Crippen molar-refractivity contribution in [1.29, 1.82) is 0 Å². The second-order valence-corrected chi connectivity index (χ2v) is 11.3. The molecule has 1 aliphatic heterocycles. The van der Waals surface area contributed by atoms with Gasteiger partial charge in [0.05, 0.1) is 24.8 Å². The number of carbonyl (C=O) groups is 3. The fourth-order valence-corrected chi connectivity index (χ4v) is 5.91. The first-order chi connectivity index (χ1) is 21.3. The summed E-state index contributed by atoms with van der Waals surface area (Å²) in [7, 11) is 0. The van der Waals surface area contributed by atoms with E-state index in [2.05, 4.69) is 17.4 Å². The van der Waals surface area contributed by atoms with Crippen molar-refractivity contribution in [3.05, 3.63) is 153 Å². The van der Waals surface area contributed by atoms with E-state index >= 15 is 0 Å². The predicted molar refractivity (Wildman–Crippen MR) is 172 cm³/mol. The van der Waals surface area contributed by atoms with E-state index in [-0.39, 0.29) is 37.4 Å². The number of benzene rings is 4. The minimum Gasteiger partial charge on any atom is -0.463 e. The maximum Gasteiger partial charge on any atom is 0.336 e. The lowest BCUT2D eigenvalue weighted by Crippen LogP contribution is -2.38. The van der Waals surface area contributed by atoms with Crippen LogP contribution in [-0.2, 0) is 27.3 Å². The molecule has 1 aliphatic rings. The lowest BCUT2D eigenvalue weighted by Gasteiger charge is -2.34. The summed E-state index contributed by atoms with van der Waals surface area (Å²) in [6.07, 6.45) is 0.747. The van der Waals surface area contributed by atoms with Gasteiger partial charge in [-0.05, 0) is 66.8 Å². The molecule has 2 amide bonds. The fourth-order valence-electron chi connectivity index (χ4n) is 5.71. The topological polar surface area (TPSA) is 75.7 Å². The summed E-state index contributed by atoms with van der Waals surface area (Å²) in [5.41, 5.74) is 5.16. The van der Waals surface area contributed by atoms with Gasteiger partial charge in [0, 0.05) is 28.6 Å². The number of hydrogen-bond donors (Lipinski definition) is 1. The molecule has 0 bridgehead atoms. The van der Waals surface area contributed by atoms with Crippen molar-refractivity contribution in [1.82, 2.24) is 10.2 Å². The fraction of sp³-hybridized carbons (Fsp3) is 0.216. The first-order valence-electron chi connectivity index (χ1n) is 14.8. The van der Waals surface area contributed by atoms with Crippen molar-refractivity contribution in [3.63, 3.8) is 0 Å². The van der Waals surface area contributed by atoms with Crippen LogP contribution >= 0.6 is 11.6 Å². The molecule has 1 heterocycles. The Hall–Kier alpha value is -4.68. The van der Waals surface area contributed by atoms with Crippen molar-refractivity contribution in [2.45, 2.75) is 45.2 Å². The van der Waals surface area contributed by atoms with Crippen LogP contribution in [0.3, 0.4) is 0 Å². The molecular formula is C37H35ClN2O4. The number of nitrogens with zero attached hydrogens (tertiary/aromatic N) is 1. The highest BCUT2D eigenvalue weighted by atomic mass is 35.5. The van der Waals surface area contributed by atoms with Gasteiger partial charge in [-0.25, -0.2) is 4.79 Å². The smallest absolute Gasteiger partial charge is 0.336 e. The lowest BCUT2D eigenvalue weighted by atomic mass is 9.83. The highest BCUT2D eigenvalue weighted by Crippen LogP contribution is 2.38. The number of amides is 2. The van der Waals surface area contributed by atoms with E-state index in [0.717, 1.165) is 22.3 Å². The first kappa shape index (κ1) is 30.8. The van der Waals surface area contributed by atoms with Gasteiger partial charge < -0.3 is 15.0 Å². The van der Waals surface area contributed by atoms with Crippen LogP contribution in [0.1, 0.15) is 64.8 Å². The van der Waals surface area contributed by atoms with Crippen molar-refractivity contribution < 1.29 is 19.1 Å². The molecular weight excluding hydrogens is 572 g/mol. The molecule has 7 heteroatoms. The van der Waals surface area contributed by atoms with Crippen LogP contribution in [-0.4, -0.2) is 29.3 Å². The van der Waals surface area contributed by atoms with Gasteiger partial charge in [-0.2, -0.15) is 0 Å². The molecule has 1 N–H and O–H groups in total. The number of hydrogen-bond acceptors (Lipinski definition) is 4. The van der Waals surface area contributed by atoms with Crippen LogP contribution in [0.5, 0.6) is 0 Å². The molecule has 4 aromatic carbocycles. The molecule has 0 saturated heterocycles. The van der Waals surface area contributed by atoms with E-state index in [1.54, 1.807) is 43.0 Å². The second kappa shape index (κ2) is 14.2. The van der Waals surface area contributed by atoms with Crippen LogP contribution < -0.4 is 5.32 Å². The van der Waals surface area contributed by atoms with E-state index in [1.807, 2.05) is 72.8 Å². The van der Waals surface area contributed by atoms with Crippen molar-refractivity contribution in [2.24, 2.45) is 0 Å². The summed E-state index contributed by atoms with van der Waals surface area (Å²) >= 11 is 6.25. The maximum atomic E-state index is 13.6. The zero-order chi connectivity index (χ0) is 31.1. The Balaban J connectivity index is 1.39. The average Bonchev–Trinajstić information content (AvgIpc) is 3.03. The van der Waals surface area contributed by atoms with Crippen LogP contribution in [0.4, 0.5) is 0 Å². The molecule has 44 heavy (non-hydrogen) atoms. The third-order valence-electron chi connectivity index (χ3n) is 7.89. The summed E-state index contributed by atoms with van der Waals surface area (Å²) in [6.45, 7) is 3.96.